The molecule has 1 saturated heterocycles. The number of Topliss-reactive ketones (excluding diaryl/α,β-unsaturated/α-hetero) is 2. The first-order valence-electron chi connectivity index (χ1n) is 14.0. The molecule has 2 aromatic carbocycles. The zero-order valence-corrected chi connectivity index (χ0v) is 24.0. The number of urea groups is 1. The molecule has 2 N–H and O–H groups in total. The molecular formula is C30H37N3O7S. The highest BCUT2D eigenvalue weighted by molar-refractivity contribution is 7.90. The Kier molecular flexibility index (Phi) is 10.3. The summed E-state index contributed by atoms with van der Waals surface area (Å²) in [5.41, 5.74) is 1.86. The number of ketones is 2. The summed E-state index contributed by atoms with van der Waals surface area (Å²) >= 11 is 0. The van der Waals surface area contributed by atoms with Crippen LogP contribution in [0.15, 0.2) is 54.6 Å². The van der Waals surface area contributed by atoms with E-state index in [-0.39, 0.29) is 18.0 Å². The van der Waals surface area contributed by atoms with Gasteiger partial charge in [-0.05, 0) is 24.0 Å². The topological polar surface area (TPSA) is 139 Å². The van der Waals surface area contributed by atoms with Crippen molar-refractivity contribution in [3.8, 4) is 0 Å². The van der Waals surface area contributed by atoms with Crippen LogP contribution in [0.1, 0.15) is 47.7 Å². The first-order valence-corrected chi connectivity index (χ1v) is 15.8. The molecule has 0 spiro atoms. The highest BCUT2D eigenvalue weighted by Gasteiger charge is 2.40. The zero-order chi connectivity index (χ0) is 29.4. The number of fused-ring (bicyclic) bond motifs is 1. The van der Waals surface area contributed by atoms with Gasteiger partial charge in [0, 0.05) is 18.7 Å². The number of nitrogens with one attached hydrogen (secondary N) is 2. The molecule has 1 heterocycles. The van der Waals surface area contributed by atoms with E-state index in [0.29, 0.717) is 50.3 Å². The van der Waals surface area contributed by atoms with Crippen molar-refractivity contribution in [3.05, 3.63) is 71.3 Å². The predicted octanol–water partition coefficient (Wildman–Crippen LogP) is 2.31. The van der Waals surface area contributed by atoms with Crippen LogP contribution in [0.2, 0.25) is 0 Å². The Morgan fingerprint density at radius 2 is 1.66 bits per heavy atom. The van der Waals surface area contributed by atoms with Crippen LogP contribution < -0.4 is 10.6 Å². The average molecular weight is 584 g/mol. The van der Waals surface area contributed by atoms with Gasteiger partial charge in [-0.3, -0.25) is 14.4 Å². The number of hydrogen-bond donors (Lipinski definition) is 2. The molecule has 10 nitrogen and oxygen atoms in total. The van der Waals surface area contributed by atoms with Crippen LogP contribution in [0, 0.1) is 5.92 Å². The fourth-order valence-corrected chi connectivity index (χ4v) is 6.77. The van der Waals surface area contributed by atoms with Gasteiger partial charge in [-0.1, -0.05) is 74.4 Å². The first kappa shape index (κ1) is 30.4. The van der Waals surface area contributed by atoms with E-state index in [1.807, 2.05) is 19.1 Å². The number of unbranched alkanes of at least 4 members (excludes halogenated alkanes) is 1. The van der Waals surface area contributed by atoms with Crippen LogP contribution in [0.3, 0.4) is 0 Å². The molecule has 2 aromatic rings. The SMILES string of the molecule is CCCC[C@H](NC(=O)[C@H](CS(=O)(=O)Cc1ccccc1)NC(=O)N1CCOCC1)C(=O)C1Cc2ccccc2C1=O. The van der Waals surface area contributed by atoms with Crippen LogP contribution in [0.25, 0.3) is 0 Å². The number of nitrogens with zero attached hydrogens (tertiary/aromatic N) is 1. The summed E-state index contributed by atoms with van der Waals surface area (Å²) in [5.74, 6) is -3.33. The third-order valence-corrected chi connectivity index (χ3v) is 9.05. The van der Waals surface area contributed by atoms with Gasteiger partial charge in [-0.15, -0.1) is 0 Å². The number of benzene rings is 2. The second-order valence-corrected chi connectivity index (χ2v) is 12.6. The number of carbonyl (C=O) groups excluding carboxylic acids is 4. The van der Waals surface area contributed by atoms with Gasteiger partial charge < -0.3 is 20.3 Å². The van der Waals surface area contributed by atoms with Gasteiger partial charge in [-0.2, -0.15) is 0 Å². The summed E-state index contributed by atoms with van der Waals surface area (Å²) in [6.45, 7) is 3.23. The minimum Gasteiger partial charge on any atom is -0.378 e. The molecule has 0 aromatic heterocycles. The summed E-state index contributed by atoms with van der Waals surface area (Å²) < 4.78 is 31.6. The molecule has 0 radical (unpaired) electrons. The molecule has 1 aliphatic heterocycles. The fourth-order valence-electron chi connectivity index (χ4n) is 5.21. The minimum atomic E-state index is -3.85. The molecular weight excluding hydrogens is 546 g/mol. The number of morpholine rings is 1. The second kappa shape index (κ2) is 13.9. The number of rotatable bonds is 12. The van der Waals surface area contributed by atoms with Crippen molar-refractivity contribution in [2.45, 2.75) is 50.4 Å². The van der Waals surface area contributed by atoms with E-state index in [1.54, 1.807) is 42.5 Å². The number of sulfone groups is 1. The van der Waals surface area contributed by atoms with Gasteiger partial charge in [0.25, 0.3) is 0 Å². The van der Waals surface area contributed by atoms with E-state index in [1.165, 1.54) is 4.90 Å². The Bertz CT molecular complexity index is 1360. The molecule has 4 rings (SSSR count). The van der Waals surface area contributed by atoms with Crippen LogP contribution in [0.4, 0.5) is 4.79 Å². The van der Waals surface area contributed by atoms with E-state index >= 15 is 0 Å². The van der Waals surface area contributed by atoms with E-state index in [9.17, 15) is 27.6 Å². The lowest BCUT2D eigenvalue weighted by Gasteiger charge is -2.29. The maximum Gasteiger partial charge on any atom is 0.318 e. The lowest BCUT2D eigenvalue weighted by molar-refractivity contribution is -0.130. The van der Waals surface area contributed by atoms with E-state index in [4.69, 9.17) is 4.74 Å². The number of hydrogen-bond acceptors (Lipinski definition) is 7. The first-order chi connectivity index (χ1) is 19.7. The molecule has 3 atom stereocenters. The normalized spacial score (nSPS) is 18.3. The molecule has 0 saturated carbocycles. The molecule has 1 unspecified atom stereocenters. The summed E-state index contributed by atoms with van der Waals surface area (Å²) in [6, 6.07) is 12.6. The highest BCUT2D eigenvalue weighted by atomic mass is 32.2. The van der Waals surface area contributed by atoms with Crippen molar-refractivity contribution in [2.75, 3.05) is 32.1 Å². The maximum absolute atomic E-state index is 13.6. The summed E-state index contributed by atoms with van der Waals surface area (Å²) in [4.78, 5) is 54.7. The highest BCUT2D eigenvalue weighted by Crippen LogP contribution is 2.28. The molecule has 41 heavy (non-hydrogen) atoms. The van der Waals surface area contributed by atoms with Gasteiger partial charge in [0.05, 0.1) is 36.7 Å². The standard InChI is InChI=1S/C30H37N3O7S/c1-2-3-13-25(28(35)24-18-22-11-7-8-12-23(22)27(24)34)31-29(36)26(32-30(37)33-14-16-40-17-15-33)20-41(38,39)19-21-9-5-4-6-10-21/h4-12,24-26H,2-3,13-20H2,1H3,(H,31,36)(H,32,37)/t24?,25-,26-/m0/s1. The van der Waals surface area contributed by atoms with Crippen LogP contribution in [0.5, 0.6) is 0 Å². The minimum absolute atomic E-state index is 0.259. The number of amides is 3. The van der Waals surface area contributed by atoms with Crippen molar-refractivity contribution < 1.29 is 32.3 Å². The number of carbonyl (C=O) groups is 4. The zero-order valence-electron chi connectivity index (χ0n) is 23.2. The fraction of sp³-hybridized carbons (Fsp3) is 0.467. The van der Waals surface area contributed by atoms with Gasteiger partial charge in [0.15, 0.2) is 21.4 Å². The van der Waals surface area contributed by atoms with Gasteiger partial charge in [0.2, 0.25) is 5.91 Å². The van der Waals surface area contributed by atoms with Crippen LogP contribution in [-0.4, -0.2) is 81.0 Å². The Morgan fingerprint density at radius 1 is 0.976 bits per heavy atom. The van der Waals surface area contributed by atoms with Crippen LogP contribution in [-0.2, 0) is 36.3 Å². The van der Waals surface area contributed by atoms with E-state index in [2.05, 4.69) is 10.6 Å². The molecule has 0 bridgehead atoms. The molecule has 1 fully saturated rings. The van der Waals surface area contributed by atoms with Crippen molar-refractivity contribution in [3.63, 3.8) is 0 Å². The lowest BCUT2D eigenvalue weighted by atomic mass is 9.91. The van der Waals surface area contributed by atoms with E-state index in [0.717, 1.165) is 12.0 Å². The van der Waals surface area contributed by atoms with Crippen molar-refractivity contribution in [1.29, 1.82) is 0 Å². The summed E-state index contributed by atoms with van der Waals surface area (Å²) in [7, 11) is -3.85. The largest absolute Gasteiger partial charge is 0.378 e. The van der Waals surface area contributed by atoms with Crippen molar-refractivity contribution >= 4 is 33.3 Å². The van der Waals surface area contributed by atoms with E-state index < -0.39 is 51.3 Å². The second-order valence-electron chi connectivity index (χ2n) is 10.5. The summed E-state index contributed by atoms with van der Waals surface area (Å²) in [5, 5.41) is 5.29. The monoisotopic (exact) mass is 583 g/mol. The Labute approximate surface area is 240 Å². The number of ether oxygens (including phenoxy) is 1. The third kappa shape index (κ3) is 8.01. The van der Waals surface area contributed by atoms with Crippen LogP contribution >= 0.6 is 0 Å². The molecule has 1 aliphatic carbocycles. The maximum atomic E-state index is 13.6. The van der Waals surface area contributed by atoms with Crippen molar-refractivity contribution in [1.82, 2.24) is 15.5 Å². The average Bonchev–Trinajstić information content (AvgIpc) is 3.31. The van der Waals surface area contributed by atoms with Gasteiger partial charge in [-0.25, -0.2) is 13.2 Å². The molecule has 220 valence electrons. The smallest absolute Gasteiger partial charge is 0.318 e. The third-order valence-electron chi connectivity index (χ3n) is 7.44. The molecule has 3 amide bonds. The van der Waals surface area contributed by atoms with Gasteiger partial charge >= 0.3 is 6.03 Å². The quantitative estimate of drug-likeness (QED) is 0.366. The Balaban J connectivity index is 1.53. The van der Waals surface area contributed by atoms with Gasteiger partial charge in [0.1, 0.15) is 6.04 Å². The summed E-state index contributed by atoms with van der Waals surface area (Å²) in [6.07, 6.45) is 1.92. The Morgan fingerprint density at radius 3 is 2.34 bits per heavy atom. The predicted molar refractivity (Wildman–Crippen MR) is 153 cm³/mol. The molecule has 11 heteroatoms. The Hall–Kier alpha value is -3.57. The molecule has 2 aliphatic rings. The lowest BCUT2D eigenvalue weighted by Crippen LogP contribution is -2.58. The van der Waals surface area contributed by atoms with Crippen molar-refractivity contribution in [2.24, 2.45) is 5.92 Å².